The zero-order valence-electron chi connectivity index (χ0n) is 18.1. The average molecular weight is 434 g/mol. The van der Waals surface area contributed by atoms with Crippen LogP contribution in [0.1, 0.15) is 28.2 Å². The van der Waals surface area contributed by atoms with E-state index in [1.54, 1.807) is 0 Å². The molecule has 3 N–H and O–H groups in total. The molecule has 5 rings (SSSR count). The largest absolute Gasteiger partial charge is 0.489 e. The Labute approximate surface area is 191 Å². The second kappa shape index (κ2) is 8.56. The number of nitriles is 1. The Balaban J connectivity index is 1.49. The molecule has 1 aliphatic rings. The molecule has 0 saturated heterocycles. The van der Waals surface area contributed by atoms with Gasteiger partial charge in [-0.3, -0.25) is 5.10 Å². The molecule has 6 nitrogen and oxygen atoms in total. The van der Waals surface area contributed by atoms with Crippen LogP contribution in [0, 0.1) is 18.3 Å². The molecule has 162 valence electrons. The van der Waals surface area contributed by atoms with Gasteiger partial charge < -0.3 is 15.2 Å². The van der Waals surface area contributed by atoms with Crippen LogP contribution in [0.15, 0.2) is 90.3 Å². The van der Waals surface area contributed by atoms with Crippen molar-refractivity contribution < 1.29 is 9.47 Å². The molecule has 0 radical (unpaired) electrons. The first-order valence-corrected chi connectivity index (χ1v) is 10.6. The number of aromatic amines is 1. The summed E-state index contributed by atoms with van der Waals surface area (Å²) in [6.07, 6.45) is 0. The number of benzene rings is 3. The molecule has 1 unspecified atom stereocenters. The molecule has 2 heterocycles. The van der Waals surface area contributed by atoms with Crippen molar-refractivity contribution in [1.29, 1.82) is 5.26 Å². The Bertz CT molecular complexity index is 1370. The molecule has 4 aromatic rings. The monoisotopic (exact) mass is 434 g/mol. The van der Waals surface area contributed by atoms with E-state index in [9.17, 15) is 5.26 Å². The van der Waals surface area contributed by atoms with Crippen LogP contribution in [0.5, 0.6) is 11.6 Å². The maximum absolute atomic E-state index is 9.89. The Morgan fingerprint density at radius 3 is 2.48 bits per heavy atom. The van der Waals surface area contributed by atoms with Gasteiger partial charge in [0.05, 0.1) is 17.2 Å². The van der Waals surface area contributed by atoms with Crippen molar-refractivity contribution >= 4 is 0 Å². The highest BCUT2D eigenvalue weighted by Crippen LogP contribution is 2.45. The van der Waals surface area contributed by atoms with Crippen molar-refractivity contribution in [1.82, 2.24) is 10.2 Å². The smallest absolute Gasteiger partial charge is 0.244 e. The molecule has 1 atom stereocenters. The van der Waals surface area contributed by atoms with Gasteiger partial charge in [0.15, 0.2) is 0 Å². The fraction of sp³-hybridized carbons (Fsp3) is 0.111. The summed E-state index contributed by atoms with van der Waals surface area (Å²) in [6, 6.07) is 28.0. The van der Waals surface area contributed by atoms with Gasteiger partial charge in [0, 0.05) is 0 Å². The quantitative estimate of drug-likeness (QED) is 0.451. The van der Waals surface area contributed by atoms with Crippen molar-refractivity contribution in [3.8, 4) is 29.0 Å². The van der Waals surface area contributed by atoms with Gasteiger partial charge in [-0.05, 0) is 41.3 Å². The summed E-state index contributed by atoms with van der Waals surface area (Å²) >= 11 is 0. The third-order valence-corrected chi connectivity index (χ3v) is 5.87. The maximum Gasteiger partial charge on any atom is 0.244 e. The van der Waals surface area contributed by atoms with Crippen molar-refractivity contribution in [2.24, 2.45) is 5.73 Å². The van der Waals surface area contributed by atoms with E-state index in [1.807, 2.05) is 66.7 Å². The van der Waals surface area contributed by atoms with Crippen LogP contribution >= 0.6 is 0 Å². The normalized spacial score (nSPS) is 14.8. The van der Waals surface area contributed by atoms with Gasteiger partial charge in [-0.1, -0.05) is 66.7 Å². The van der Waals surface area contributed by atoms with Crippen molar-refractivity contribution in [3.05, 3.63) is 113 Å². The van der Waals surface area contributed by atoms with E-state index in [-0.39, 0.29) is 5.88 Å². The van der Waals surface area contributed by atoms with E-state index in [4.69, 9.17) is 15.2 Å². The fourth-order valence-corrected chi connectivity index (χ4v) is 4.09. The Morgan fingerprint density at radius 1 is 1.03 bits per heavy atom. The number of ether oxygens (including phenoxy) is 2. The minimum Gasteiger partial charge on any atom is -0.489 e. The first-order chi connectivity index (χ1) is 16.2. The Kier molecular flexibility index (Phi) is 5.29. The van der Waals surface area contributed by atoms with Crippen molar-refractivity contribution in [2.75, 3.05) is 0 Å². The SMILES string of the molecule is Cc1ccccc1COc1ccc(C2C(C#N)=C(N)Oc3n[nH]c(-c4ccccc4)c32)cc1. The summed E-state index contributed by atoms with van der Waals surface area (Å²) in [5.74, 6) is 0.801. The first kappa shape index (κ1) is 20.4. The molecule has 0 bridgehead atoms. The van der Waals surface area contributed by atoms with E-state index in [0.717, 1.165) is 33.7 Å². The predicted molar refractivity (Wildman–Crippen MR) is 125 cm³/mol. The molecule has 0 aliphatic carbocycles. The molecule has 33 heavy (non-hydrogen) atoms. The summed E-state index contributed by atoms with van der Waals surface area (Å²) in [4.78, 5) is 0. The number of nitrogens with two attached hydrogens (primary N) is 1. The summed E-state index contributed by atoms with van der Waals surface area (Å²) in [6.45, 7) is 2.56. The van der Waals surface area contributed by atoms with Crippen molar-refractivity contribution in [2.45, 2.75) is 19.4 Å². The number of hydrogen-bond acceptors (Lipinski definition) is 5. The van der Waals surface area contributed by atoms with Crippen LogP contribution in [0.25, 0.3) is 11.3 Å². The summed E-state index contributed by atoms with van der Waals surface area (Å²) in [5, 5.41) is 17.3. The topological polar surface area (TPSA) is 96.9 Å². The second-order valence-corrected chi connectivity index (χ2v) is 7.89. The van der Waals surface area contributed by atoms with Crippen molar-refractivity contribution in [3.63, 3.8) is 0 Å². The number of rotatable bonds is 5. The number of fused-ring (bicyclic) bond motifs is 1. The molecule has 3 aromatic carbocycles. The number of nitrogens with zero attached hydrogens (tertiary/aromatic N) is 2. The third-order valence-electron chi connectivity index (χ3n) is 5.87. The molecule has 1 aliphatic heterocycles. The van der Waals surface area contributed by atoms with Crippen LogP contribution in [0.2, 0.25) is 0 Å². The van der Waals surface area contributed by atoms with E-state index >= 15 is 0 Å². The van der Waals surface area contributed by atoms with E-state index in [1.165, 1.54) is 5.56 Å². The lowest BCUT2D eigenvalue weighted by Gasteiger charge is -2.24. The zero-order chi connectivity index (χ0) is 22.8. The third kappa shape index (κ3) is 3.81. The van der Waals surface area contributed by atoms with Crippen LogP contribution in [0.4, 0.5) is 0 Å². The summed E-state index contributed by atoms with van der Waals surface area (Å²) < 4.78 is 11.7. The molecule has 0 amide bonds. The van der Waals surface area contributed by atoms with Gasteiger partial charge in [-0.15, -0.1) is 5.10 Å². The number of aryl methyl sites for hydroxylation is 1. The van der Waals surface area contributed by atoms with E-state index in [2.05, 4.69) is 35.3 Å². The standard InChI is InChI=1S/C27H22N4O2/c1-17-7-5-6-10-20(17)16-32-21-13-11-18(12-14-21)23-22(15-28)26(29)33-27-24(23)25(30-31-27)19-8-3-2-4-9-19/h2-14,23H,16,29H2,1H3,(H,30,31). The van der Waals surface area contributed by atoms with Gasteiger partial charge in [0.2, 0.25) is 11.8 Å². The van der Waals surface area contributed by atoms with Gasteiger partial charge >= 0.3 is 0 Å². The summed E-state index contributed by atoms with van der Waals surface area (Å²) in [5.41, 5.74) is 12.2. The highest BCUT2D eigenvalue weighted by atomic mass is 16.5. The summed E-state index contributed by atoms with van der Waals surface area (Å²) in [7, 11) is 0. The van der Waals surface area contributed by atoms with Crippen LogP contribution in [-0.2, 0) is 6.61 Å². The minimum atomic E-state index is -0.405. The lowest BCUT2D eigenvalue weighted by molar-refractivity contribution is 0.305. The number of nitrogens with one attached hydrogen (secondary N) is 1. The highest BCUT2D eigenvalue weighted by molar-refractivity contribution is 5.70. The molecular formula is C27H22N4O2. The van der Waals surface area contributed by atoms with E-state index in [0.29, 0.717) is 18.1 Å². The maximum atomic E-state index is 9.89. The number of hydrogen-bond donors (Lipinski definition) is 2. The average Bonchev–Trinajstić information content (AvgIpc) is 3.27. The highest BCUT2D eigenvalue weighted by Gasteiger charge is 2.35. The van der Waals surface area contributed by atoms with Gasteiger partial charge in [-0.2, -0.15) is 5.26 Å². The Morgan fingerprint density at radius 2 is 1.76 bits per heavy atom. The van der Waals surface area contributed by atoms with Gasteiger partial charge in [0.1, 0.15) is 24.0 Å². The first-order valence-electron chi connectivity index (χ1n) is 10.6. The Hall–Kier alpha value is -4.50. The predicted octanol–water partition coefficient (Wildman–Crippen LogP) is 5.18. The van der Waals surface area contributed by atoms with Crippen LogP contribution in [-0.4, -0.2) is 10.2 Å². The number of allylic oxidation sites excluding steroid dienone is 1. The van der Waals surface area contributed by atoms with Gasteiger partial charge in [-0.25, -0.2) is 0 Å². The molecule has 0 spiro atoms. The molecule has 1 aromatic heterocycles. The van der Waals surface area contributed by atoms with Crippen LogP contribution < -0.4 is 15.2 Å². The number of H-pyrrole nitrogens is 1. The molecule has 0 saturated carbocycles. The second-order valence-electron chi connectivity index (χ2n) is 7.89. The molecule has 0 fully saturated rings. The zero-order valence-corrected chi connectivity index (χ0v) is 18.1. The fourth-order valence-electron chi connectivity index (χ4n) is 4.09. The van der Waals surface area contributed by atoms with Crippen LogP contribution in [0.3, 0.4) is 0 Å². The lowest BCUT2D eigenvalue weighted by atomic mass is 9.83. The van der Waals surface area contributed by atoms with E-state index < -0.39 is 5.92 Å². The molecule has 6 heteroatoms. The molecular weight excluding hydrogens is 412 g/mol. The number of aromatic nitrogens is 2. The lowest BCUT2D eigenvalue weighted by Crippen LogP contribution is -2.21. The minimum absolute atomic E-state index is 0.0704. The van der Waals surface area contributed by atoms with Gasteiger partial charge in [0.25, 0.3) is 0 Å².